The highest BCUT2D eigenvalue weighted by molar-refractivity contribution is 5.81. The van der Waals surface area contributed by atoms with E-state index in [-0.39, 0.29) is 0 Å². The van der Waals surface area contributed by atoms with Crippen LogP contribution in [0.1, 0.15) is 43.7 Å². The highest BCUT2D eigenvalue weighted by Crippen LogP contribution is 2.39. The van der Waals surface area contributed by atoms with Crippen LogP contribution in [0, 0.1) is 11.6 Å². The van der Waals surface area contributed by atoms with Crippen molar-refractivity contribution in [3.05, 3.63) is 66.1 Å². The molecule has 0 radical (unpaired) electrons. The molecule has 4 aromatic rings. The number of aromatic nitrogens is 5. The number of halogens is 2. The number of nitrogens with zero attached hydrogens (tertiary/aromatic N) is 5. The minimum absolute atomic E-state index is 0.302. The summed E-state index contributed by atoms with van der Waals surface area (Å²) >= 11 is 0. The summed E-state index contributed by atoms with van der Waals surface area (Å²) < 4.78 is 28.4. The molecule has 0 atom stereocenters. The van der Waals surface area contributed by atoms with E-state index >= 15 is 0 Å². The van der Waals surface area contributed by atoms with Crippen LogP contribution >= 0.6 is 0 Å². The predicted octanol–water partition coefficient (Wildman–Crippen LogP) is 5.26. The molecule has 3 heterocycles. The van der Waals surface area contributed by atoms with Crippen molar-refractivity contribution in [2.75, 3.05) is 5.32 Å². The maximum Gasteiger partial charge on any atom is 0.227 e. The van der Waals surface area contributed by atoms with Gasteiger partial charge >= 0.3 is 0 Å². The highest BCUT2D eigenvalue weighted by Gasteiger charge is 2.25. The van der Waals surface area contributed by atoms with Gasteiger partial charge in [-0.1, -0.05) is 19.3 Å². The lowest BCUT2D eigenvalue weighted by molar-refractivity contribution is 0.435. The molecule has 1 N–H and O–H groups in total. The van der Waals surface area contributed by atoms with Crippen molar-refractivity contribution >= 4 is 17.2 Å². The molecule has 6 nitrogen and oxygen atoms in total. The van der Waals surface area contributed by atoms with Gasteiger partial charge < -0.3 is 5.32 Å². The Balaban J connectivity index is 1.56. The van der Waals surface area contributed by atoms with E-state index in [1.807, 2.05) is 18.2 Å². The fourth-order valence-corrected chi connectivity index (χ4v) is 4.10. The first-order valence-corrected chi connectivity index (χ1v) is 10.1. The van der Waals surface area contributed by atoms with Crippen LogP contribution in [0.15, 0.2) is 48.8 Å². The Hall–Kier alpha value is -3.42. The lowest BCUT2D eigenvalue weighted by atomic mass is 9.85. The van der Waals surface area contributed by atoms with E-state index < -0.39 is 11.6 Å². The maximum atomic E-state index is 13.5. The van der Waals surface area contributed by atoms with E-state index in [1.165, 1.54) is 25.3 Å². The second-order valence-electron chi connectivity index (χ2n) is 7.51. The molecule has 0 aliphatic heterocycles. The quantitative estimate of drug-likeness (QED) is 0.501. The Morgan fingerprint density at radius 3 is 2.67 bits per heavy atom. The Kier molecular flexibility index (Phi) is 4.82. The number of hydrogen-bond acceptors (Lipinski definition) is 5. The van der Waals surface area contributed by atoms with Crippen LogP contribution in [0.25, 0.3) is 16.8 Å². The van der Waals surface area contributed by atoms with Gasteiger partial charge in [-0.15, -0.1) is 0 Å². The van der Waals surface area contributed by atoms with Gasteiger partial charge in [-0.3, -0.25) is 0 Å². The maximum absolute atomic E-state index is 13.5. The Bertz CT molecular complexity index is 1200. The van der Waals surface area contributed by atoms with E-state index in [9.17, 15) is 8.78 Å². The highest BCUT2D eigenvalue weighted by atomic mass is 19.2. The molecule has 1 aliphatic rings. The van der Waals surface area contributed by atoms with E-state index in [2.05, 4.69) is 20.4 Å². The summed E-state index contributed by atoms with van der Waals surface area (Å²) in [5.74, 6) is -1.15. The van der Waals surface area contributed by atoms with Gasteiger partial charge in [0, 0.05) is 30.1 Å². The summed E-state index contributed by atoms with van der Waals surface area (Å²) in [7, 11) is 0. The molecule has 30 heavy (non-hydrogen) atoms. The third-order valence-corrected chi connectivity index (χ3v) is 5.53. The van der Waals surface area contributed by atoms with Gasteiger partial charge in [0.15, 0.2) is 11.6 Å². The third-order valence-electron chi connectivity index (χ3n) is 5.53. The molecule has 1 aromatic carbocycles. The number of anilines is 2. The summed E-state index contributed by atoms with van der Waals surface area (Å²) in [4.78, 5) is 8.89. The third kappa shape index (κ3) is 3.49. The first kappa shape index (κ1) is 18.6. The fraction of sp³-hybridized carbons (Fsp3) is 0.273. The molecule has 1 aliphatic carbocycles. The average Bonchev–Trinajstić information content (AvgIpc) is 3.17. The van der Waals surface area contributed by atoms with E-state index in [4.69, 9.17) is 5.10 Å². The number of nitrogens with one attached hydrogen (secondary N) is 1. The lowest BCUT2D eigenvalue weighted by Crippen LogP contribution is -2.07. The number of fused-ring (bicyclic) bond motifs is 1. The second-order valence-corrected chi connectivity index (χ2v) is 7.51. The normalized spacial score (nSPS) is 14.9. The first-order valence-electron chi connectivity index (χ1n) is 10.1. The zero-order chi connectivity index (χ0) is 20.5. The van der Waals surface area contributed by atoms with E-state index in [0.717, 1.165) is 47.4 Å². The smallest absolute Gasteiger partial charge is 0.227 e. The number of benzene rings is 1. The first-order chi connectivity index (χ1) is 14.7. The Morgan fingerprint density at radius 1 is 0.967 bits per heavy atom. The minimum atomic E-state index is -0.926. The standard InChI is InChI=1S/C22H20F2N6/c23-16-9-8-15(13-17(16)24)27-22-25-12-10-18(28-22)20-19-7-4-11-26-30(19)29-21(20)14-5-2-1-3-6-14/h4,7-14H,1-3,5-6H2,(H,25,27,28). The van der Waals surface area contributed by atoms with E-state index in [1.54, 1.807) is 17.0 Å². The van der Waals surface area contributed by atoms with Crippen molar-refractivity contribution in [3.63, 3.8) is 0 Å². The topological polar surface area (TPSA) is 68.0 Å². The molecule has 1 fully saturated rings. The van der Waals surface area contributed by atoms with Crippen molar-refractivity contribution in [1.82, 2.24) is 24.8 Å². The molecule has 0 unspecified atom stereocenters. The summed E-state index contributed by atoms with van der Waals surface area (Å²) in [6.45, 7) is 0. The van der Waals surface area contributed by atoms with Crippen molar-refractivity contribution in [2.45, 2.75) is 38.0 Å². The van der Waals surface area contributed by atoms with Crippen molar-refractivity contribution in [2.24, 2.45) is 0 Å². The van der Waals surface area contributed by atoms with E-state index in [0.29, 0.717) is 17.6 Å². The molecule has 152 valence electrons. The fourth-order valence-electron chi connectivity index (χ4n) is 4.10. The average molecular weight is 406 g/mol. The van der Waals surface area contributed by atoms with Crippen molar-refractivity contribution in [1.29, 1.82) is 0 Å². The molecular formula is C22H20F2N6. The van der Waals surface area contributed by atoms with Gasteiger partial charge in [-0.2, -0.15) is 14.8 Å². The van der Waals surface area contributed by atoms with Gasteiger partial charge in [-0.05, 0) is 43.2 Å². The monoisotopic (exact) mass is 406 g/mol. The number of rotatable bonds is 4. The zero-order valence-electron chi connectivity index (χ0n) is 16.2. The van der Waals surface area contributed by atoms with Gasteiger partial charge in [0.05, 0.1) is 22.5 Å². The van der Waals surface area contributed by atoms with Crippen LogP contribution in [-0.4, -0.2) is 24.8 Å². The summed E-state index contributed by atoms with van der Waals surface area (Å²) in [5.41, 5.74) is 3.94. The molecule has 0 bridgehead atoms. The van der Waals surface area contributed by atoms with Crippen LogP contribution in [0.5, 0.6) is 0 Å². The van der Waals surface area contributed by atoms with Crippen molar-refractivity contribution in [3.8, 4) is 11.3 Å². The predicted molar refractivity (Wildman–Crippen MR) is 109 cm³/mol. The van der Waals surface area contributed by atoms with Gasteiger partial charge in [0.2, 0.25) is 5.95 Å². The van der Waals surface area contributed by atoms with Crippen LogP contribution in [0.3, 0.4) is 0 Å². The molecule has 8 heteroatoms. The van der Waals surface area contributed by atoms with Gasteiger partial charge in [0.1, 0.15) is 0 Å². The summed E-state index contributed by atoms with van der Waals surface area (Å²) in [5, 5.41) is 12.1. The SMILES string of the molecule is Fc1ccc(Nc2nccc(-c3c(C4CCCCC4)nn4ncccc34)n2)cc1F. The van der Waals surface area contributed by atoms with Crippen LogP contribution in [-0.2, 0) is 0 Å². The van der Waals surface area contributed by atoms with Crippen LogP contribution in [0.4, 0.5) is 20.4 Å². The molecular weight excluding hydrogens is 386 g/mol. The minimum Gasteiger partial charge on any atom is -0.324 e. The Morgan fingerprint density at radius 2 is 1.83 bits per heavy atom. The molecule has 0 spiro atoms. The molecule has 5 rings (SSSR count). The molecule has 1 saturated carbocycles. The summed E-state index contributed by atoms with van der Waals surface area (Å²) in [6.07, 6.45) is 9.20. The van der Waals surface area contributed by atoms with Gasteiger partial charge in [0.25, 0.3) is 0 Å². The molecule has 3 aromatic heterocycles. The molecule has 0 amide bonds. The second kappa shape index (κ2) is 7.78. The molecule has 0 saturated heterocycles. The van der Waals surface area contributed by atoms with Crippen molar-refractivity contribution < 1.29 is 8.78 Å². The van der Waals surface area contributed by atoms with Crippen LogP contribution in [0.2, 0.25) is 0 Å². The largest absolute Gasteiger partial charge is 0.324 e. The van der Waals surface area contributed by atoms with Crippen LogP contribution < -0.4 is 5.32 Å². The van der Waals surface area contributed by atoms with Gasteiger partial charge in [-0.25, -0.2) is 18.7 Å². The summed E-state index contributed by atoms with van der Waals surface area (Å²) in [6, 6.07) is 9.30. The zero-order valence-corrected chi connectivity index (χ0v) is 16.2. The Labute approximate surface area is 172 Å². The number of hydrogen-bond donors (Lipinski definition) is 1. The lowest BCUT2D eigenvalue weighted by Gasteiger charge is -2.20.